The molecule has 28 heavy (non-hydrogen) atoms. The van der Waals surface area contributed by atoms with Crippen molar-refractivity contribution in [2.45, 2.75) is 6.92 Å². The lowest BCUT2D eigenvalue weighted by atomic mass is 10.2. The summed E-state index contributed by atoms with van der Waals surface area (Å²) in [6.07, 6.45) is 0. The number of aryl methyl sites for hydroxylation is 1. The molecule has 0 saturated heterocycles. The third-order valence-corrected chi connectivity index (χ3v) is 4.19. The molecule has 2 aromatic rings. The topological polar surface area (TPSA) is 88.1 Å². The zero-order chi connectivity index (χ0) is 21.3. The van der Waals surface area contributed by atoms with Gasteiger partial charge in [0.25, 0.3) is 0 Å². The van der Waals surface area contributed by atoms with Crippen LogP contribution in [0, 0.1) is 6.92 Å². The molecular weight excluding hydrogens is 431 g/mol. The fraction of sp³-hybridized carbons (Fsp3) is 0.222. The molecule has 7 nitrogen and oxygen atoms in total. The van der Waals surface area contributed by atoms with Crippen LogP contribution in [-0.2, 0) is 9.63 Å². The average Bonchev–Trinajstić information content (AvgIpc) is 2.63. The van der Waals surface area contributed by atoms with Crippen molar-refractivity contribution in [2.75, 3.05) is 26.1 Å². The minimum atomic E-state index is -0.991. The van der Waals surface area contributed by atoms with Crippen molar-refractivity contribution < 1.29 is 24.3 Å². The van der Waals surface area contributed by atoms with Gasteiger partial charge in [0.05, 0.1) is 17.2 Å². The Kier molecular flexibility index (Phi) is 9.89. The van der Waals surface area contributed by atoms with E-state index in [0.717, 1.165) is 10.6 Å². The van der Waals surface area contributed by atoms with Crippen molar-refractivity contribution >= 4 is 52.5 Å². The van der Waals surface area contributed by atoms with E-state index in [1.54, 1.807) is 36.4 Å². The quantitative estimate of drug-likeness (QED) is 0.618. The lowest BCUT2D eigenvalue weighted by molar-refractivity contribution is -0.139. The molecule has 0 atom stereocenters. The molecule has 0 unspecified atom stereocenters. The molecule has 0 radical (unpaired) electrons. The Labute approximate surface area is 177 Å². The molecule has 2 aromatic carbocycles. The number of anilines is 1. The highest BCUT2D eigenvalue weighted by atomic mass is 35.5. The Morgan fingerprint density at radius 2 is 1.79 bits per heavy atom. The molecule has 2 N–H and O–H groups in total. The first-order valence-corrected chi connectivity index (χ1v) is 8.92. The van der Waals surface area contributed by atoms with Gasteiger partial charge < -0.3 is 15.2 Å². The van der Waals surface area contributed by atoms with Crippen LogP contribution < -0.4 is 10.1 Å². The van der Waals surface area contributed by atoms with Crippen molar-refractivity contribution in [1.82, 2.24) is 5.06 Å². The number of carbonyl (C=O) groups is 2. The number of ether oxygens (including phenoxy) is 1. The van der Waals surface area contributed by atoms with Crippen LogP contribution in [-0.4, -0.2) is 42.9 Å². The summed E-state index contributed by atoms with van der Waals surface area (Å²) in [7, 11) is 2.89. The number of aliphatic carboxylic acids is 1. The van der Waals surface area contributed by atoms with Gasteiger partial charge in [-0.25, -0.2) is 14.7 Å². The SMILES string of the molecule is CON(C)C(=O)Nc1ccc(Cl)c(Cl)c1.Cc1cc(Cl)ccc1OCC(=O)O. The van der Waals surface area contributed by atoms with Gasteiger partial charge in [-0.15, -0.1) is 0 Å². The Bertz CT molecular complexity index is 833. The van der Waals surface area contributed by atoms with E-state index < -0.39 is 12.0 Å². The molecule has 0 saturated carbocycles. The van der Waals surface area contributed by atoms with E-state index in [2.05, 4.69) is 5.32 Å². The number of hydroxylamine groups is 2. The van der Waals surface area contributed by atoms with E-state index in [0.29, 0.717) is 26.5 Å². The molecule has 2 rings (SSSR count). The first-order valence-electron chi connectivity index (χ1n) is 7.78. The lowest BCUT2D eigenvalue weighted by Crippen LogP contribution is -2.30. The molecule has 0 aliphatic heterocycles. The second-order valence-electron chi connectivity index (χ2n) is 5.33. The van der Waals surface area contributed by atoms with E-state index >= 15 is 0 Å². The average molecular weight is 450 g/mol. The van der Waals surface area contributed by atoms with Crippen LogP contribution in [0.4, 0.5) is 10.5 Å². The number of rotatable bonds is 5. The molecule has 0 bridgehead atoms. The number of nitrogens with zero attached hydrogens (tertiary/aromatic N) is 1. The number of carboxylic acids is 1. The summed E-state index contributed by atoms with van der Waals surface area (Å²) >= 11 is 17.2. The van der Waals surface area contributed by atoms with E-state index in [4.69, 9.17) is 49.5 Å². The van der Waals surface area contributed by atoms with Gasteiger partial charge in [0, 0.05) is 17.8 Å². The Balaban J connectivity index is 0.000000283. The van der Waals surface area contributed by atoms with Gasteiger partial charge in [-0.05, 0) is 48.9 Å². The van der Waals surface area contributed by atoms with Gasteiger partial charge in [-0.1, -0.05) is 34.8 Å². The number of carbonyl (C=O) groups excluding carboxylic acids is 1. The predicted octanol–water partition coefficient (Wildman–Crippen LogP) is 5.13. The number of amides is 2. The van der Waals surface area contributed by atoms with Crippen molar-refractivity contribution in [2.24, 2.45) is 0 Å². The normalized spacial score (nSPS) is 9.79. The van der Waals surface area contributed by atoms with E-state index in [1.807, 2.05) is 6.92 Å². The molecule has 2 amide bonds. The molecule has 0 aromatic heterocycles. The molecule has 152 valence electrons. The summed E-state index contributed by atoms with van der Waals surface area (Å²) < 4.78 is 5.00. The molecule has 0 spiro atoms. The maximum absolute atomic E-state index is 11.4. The fourth-order valence-corrected chi connectivity index (χ4v) is 2.30. The predicted molar refractivity (Wildman–Crippen MR) is 110 cm³/mol. The van der Waals surface area contributed by atoms with Crippen LogP contribution >= 0.6 is 34.8 Å². The Hall–Kier alpha value is -2.19. The fourth-order valence-electron chi connectivity index (χ4n) is 1.77. The van der Waals surface area contributed by atoms with Gasteiger partial charge in [0.2, 0.25) is 0 Å². The van der Waals surface area contributed by atoms with Gasteiger partial charge in [0.1, 0.15) is 5.75 Å². The summed E-state index contributed by atoms with van der Waals surface area (Å²) in [5.74, 6) is -0.443. The third-order valence-electron chi connectivity index (χ3n) is 3.22. The van der Waals surface area contributed by atoms with Crippen LogP contribution in [0.3, 0.4) is 0 Å². The smallest absolute Gasteiger partial charge is 0.345 e. The minimum Gasteiger partial charge on any atom is -0.482 e. The molecule has 10 heteroatoms. The zero-order valence-electron chi connectivity index (χ0n) is 15.3. The van der Waals surface area contributed by atoms with Crippen LogP contribution in [0.1, 0.15) is 5.56 Å². The number of carboxylic acid groups (broad SMARTS) is 1. The largest absolute Gasteiger partial charge is 0.482 e. The van der Waals surface area contributed by atoms with E-state index in [-0.39, 0.29) is 6.61 Å². The summed E-state index contributed by atoms with van der Waals surface area (Å²) in [6.45, 7) is 1.48. The number of nitrogens with one attached hydrogen (secondary N) is 1. The highest BCUT2D eigenvalue weighted by Crippen LogP contribution is 2.25. The van der Waals surface area contributed by atoms with Crippen LogP contribution in [0.25, 0.3) is 0 Å². The van der Waals surface area contributed by atoms with E-state index in [1.165, 1.54) is 14.2 Å². The van der Waals surface area contributed by atoms with Crippen LogP contribution in [0.2, 0.25) is 15.1 Å². The minimum absolute atomic E-state index is 0.331. The Morgan fingerprint density at radius 3 is 2.32 bits per heavy atom. The second kappa shape index (κ2) is 11.6. The van der Waals surface area contributed by atoms with Crippen molar-refractivity contribution in [3.8, 4) is 5.75 Å². The highest BCUT2D eigenvalue weighted by Gasteiger charge is 2.08. The summed E-state index contributed by atoms with van der Waals surface area (Å²) in [4.78, 5) is 26.3. The summed E-state index contributed by atoms with van der Waals surface area (Å²) in [6, 6.07) is 9.45. The summed E-state index contributed by atoms with van der Waals surface area (Å²) in [5, 5.41) is 13.4. The van der Waals surface area contributed by atoms with Crippen molar-refractivity contribution in [3.63, 3.8) is 0 Å². The first kappa shape index (κ1) is 23.8. The van der Waals surface area contributed by atoms with Crippen LogP contribution in [0.15, 0.2) is 36.4 Å². The maximum Gasteiger partial charge on any atom is 0.345 e. The Morgan fingerprint density at radius 1 is 1.11 bits per heavy atom. The number of halogens is 3. The second-order valence-corrected chi connectivity index (χ2v) is 6.58. The van der Waals surface area contributed by atoms with Crippen LogP contribution in [0.5, 0.6) is 5.75 Å². The van der Waals surface area contributed by atoms with Crippen molar-refractivity contribution in [1.29, 1.82) is 0 Å². The number of hydrogen-bond donors (Lipinski definition) is 2. The number of urea groups is 1. The van der Waals surface area contributed by atoms with Gasteiger partial charge in [-0.2, -0.15) is 0 Å². The van der Waals surface area contributed by atoms with Gasteiger partial charge in [0.15, 0.2) is 6.61 Å². The zero-order valence-corrected chi connectivity index (χ0v) is 17.6. The van der Waals surface area contributed by atoms with Gasteiger partial charge in [-0.3, -0.25) is 4.84 Å². The number of benzene rings is 2. The molecular formula is C18H19Cl3N2O5. The molecule has 0 aliphatic carbocycles. The molecule has 0 fully saturated rings. The van der Waals surface area contributed by atoms with Gasteiger partial charge >= 0.3 is 12.0 Å². The molecule has 0 heterocycles. The molecule has 0 aliphatic rings. The maximum atomic E-state index is 11.4. The summed E-state index contributed by atoms with van der Waals surface area (Å²) in [5.41, 5.74) is 1.38. The standard InChI is InChI=1S/C9H10Cl2N2O2.C9H9ClO3/c1-13(15-2)9(14)12-6-3-4-7(10)8(11)5-6;1-6-4-7(10)2-3-8(6)13-5-9(11)12/h3-5H,1-2H3,(H,12,14);2-4H,5H2,1H3,(H,11,12). The lowest BCUT2D eigenvalue weighted by Gasteiger charge is -2.14. The monoisotopic (exact) mass is 448 g/mol. The number of hydrogen-bond acceptors (Lipinski definition) is 4. The third kappa shape index (κ3) is 8.22. The van der Waals surface area contributed by atoms with E-state index in [9.17, 15) is 9.59 Å². The van der Waals surface area contributed by atoms with Crippen molar-refractivity contribution in [3.05, 3.63) is 57.0 Å². The highest BCUT2D eigenvalue weighted by molar-refractivity contribution is 6.42. The first-order chi connectivity index (χ1) is 13.1.